The summed E-state index contributed by atoms with van der Waals surface area (Å²) < 4.78 is 10.9. The normalized spacial score (nSPS) is 13.5. The monoisotopic (exact) mass is 252 g/mol. The first-order chi connectivity index (χ1) is 8.29. The number of rotatable bonds is 5. The van der Waals surface area contributed by atoms with Gasteiger partial charge in [0.2, 0.25) is 0 Å². The summed E-state index contributed by atoms with van der Waals surface area (Å²) in [6, 6.07) is 5.82. The van der Waals surface area contributed by atoms with Crippen LogP contribution in [-0.4, -0.2) is 24.7 Å². The highest BCUT2D eigenvalue weighted by atomic mass is 32.2. The molecule has 2 rings (SSSR count). The maximum atomic E-state index is 11.4. The van der Waals surface area contributed by atoms with Crippen LogP contribution in [0, 0.1) is 0 Å². The van der Waals surface area contributed by atoms with Crippen LogP contribution >= 0.6 is 11.8 Å². The Labute approximate surface area is 105 Å². The number of carbonyl (C=O) groups excluding carboxylic acids is 1. The number of Topliss-reactive ketones (excluding diaryl/α,β-unsaturated/α-hetero) is 1. The number of hydrogen-bond acceptors (Lipinski definition) is 4. The van der Waals surface area contributed by atoms with Crippen molar-refractivity contribution in [1.29, 1.82) is 0 Å². The Morgan fingerprint density at radius 3 is 2.82 bits per heavy atom. The maximum absolute atomic E-state index is 11.4. The molecule has 0 atom stereocenters. The molecule has 4 heteroatoms. The van der Waals surface area contributed by atoms with Crippen LogP contribution in [0.2, 0.25) is 0 Å². The van der Waals surface area contributed by atoms with Gasteiger partial charge in [0.05, 0.1) is 5.75 Å². The van der Waals surface area contributed by atoms with Gasteiger partial charge in [-0.3, -0.25) is 4.79 Å². The number of carbonyl (C=O) groups is 1. The maximum Gasteiger partial charge on any atom is 0.162 e. The van der Waals surface area contributed by atoms with Crippen molar-refractivity contribution >= 4 is 17.5 Å². The summed E-state index contributed by atoms with van der Waals surface area (Å²) in [5.41, 5.74) is 0. The van der Waals surface area contributed by atoms with Crippen LogP contribution in [-0.2, 0) is 4.79 Å². The third kappa shape index (κ3) is 3.40. The van der Waals surface area contributed by atoms with Crippen molar-refractivity contribution < 1.29 is 14.3 Å². The summed E-state index contributed by atoms with van der Waals surface area (Å²) in [4.78, 5) is 12.5. The van der Waals surface area contributed by atoms with Crippen LogP contribution in [0.25, 0.3) is 0 Å². The van der Waals surface area contributed by atoms with Gasteiger partial charge < -0.3 is 9.47 Å². The Morgan fingerprint density at radius 2 is 2.06 bits per heavy atom. The molecular weight excluding hydrogens is 236 g/mol. The lowest BCUT2D eigenvalue weighted by atomic mass is 10.3. The molecule has 0 aromatic heterocycles. The third-order valence-corrected chi connectivity index (χ3v) is 3.50. The second kappa shape index (κ2) is 5.96. The van der Waals surface area contributed by atoms with E-state index in [1.54, 1.807) is 11.8 Å². The molecule has 0 amide bonds. The first-order valence-corrected chi connectivity index (χ1v) is 6.82. The lowest BCUT2D eigenvalue weighted by Crippen LogP contribution is -2.15. The standard InChI is InChI=1S/C13H16O3S/c1-2-3-10(14)9-17-11-4-5-12-13(8-11)16-7-6-15-12/h4-5,8H,2-3,6-7,9H2,1H3. The molecule has 3 nitrogen and oxygen atoms in total. The first-order valence-electron chi connectivity index (χ1n) is 5.83. The number of hydrogen-bond donors (Lipinski definition) is 0. The zero-order valence-electron chi connectivity index (χ0n) is 9.90. The smallest absolute Gasteiger partial charge is 0.162 e. The highest BCUT2D eigenvalue weighted by Gasteiger charge is 2.12. The molecule has 1 aliphatic heterocycles. The van der Waals surface area contributed by atoms with Crippen molar-refractivity contribution in [2.24, 2.45) is 0 Å². The lowest BCUT2D eigenvalue weighted by molar-refractivity contribution is -0.116. The zero-order chi connectivity index (χ0) is 12.1. The van der Waals surface area contributed by atoms with Crippen molar-refractivity contribution in [3.05, 3.63) is 18.2 Å². The minimum Gasteiger partial charge on any atom is -0.486 e. The molecule has 0 bridgehead atoms. The predicted molar refractivity (Wildman–Crippen MR) is 68.1 cm³/mol. The third-order valence-electron chi connectivity index (χ3n) is 2.44. The van der Waals surface area contributed by atoms with Gasteiger partial charge in [0.15, 0.2) is 11.5 Å². The van der Waals surface area contributed by atoms with Crippen LogP contribution in [0.15, 0.2) is 23.1 Å². The second-order valence-corrected chi connectivity index (χ2v) is 4.93. The summed E-state index contributed by atoms with van der Waals surface area (Å²) in [6.45, 7) is 3.22. The van der Waals surface area contributed by atoms with E-state index >= 15 is 0 Å². The van der Waals surface area contributed by atoms with Crippen molar-refractivity contribution in [3.63, 3.8) is 0 Å². The lowest BCUT2D eigenvalue weighted by Gasteiger charge is -2.18. The molecule has 0 N–H and O–H groups in total. The average Bonchev–Trinajstić information content (AvgIpc) is 2.36. The highest BCUT2D eigenvalue weighted by Crippen LogP contribution is 2.34. The summed E-state index contributed by atoms with van der Waals surface area (Å²) in [7, 11) is 0. The van der Waals surface area contributed by atoms with Crippen molar-refractivity contribution in [2.75, 3.05) is 19.0 Å². The Balaban J connectivity index is 1.95. The SMILES string of the molecule is CCCC(=O)CSc1ccc2c(c1)OCCO2. The molecule has 1 heterocycles. The van der Waals surface area contributed by atoms with Gasteiger partial charge >= 0.3 is 0 Å². The van der Waals surface area contributed by atoms with Gasteiger partial charge in [-0.05, 0) is 24.6 Å². The Morgan fingerprint density at radius 1 is 1.29 bits per heavy atom. The molecule has 0 saturated heterocycles. The summed E-state index contributed by atoms with van der Waals surface area (Å²) >= 11 is 1.56. The van der Waals surface area contributed by atoms with E-state index in [1.165, 1.54) is 0 Å². The van der Waals surface area contributed by atoms with Gasteiger partial charge in [0, 0.05) is 11.3 Å². The first kappa shape index (κ1) is 12.3. The fourth-order valence-corrected chi connectivity index (χ4v) is 2.45. The minimum atomic E-state index is 0.299. The highest BCUT2D eigenvalue weighted by molar-refractivity contribution is 8.00. The molecule has 1 aromatic carbocycles. The summed E-state index contributed by atoms with van der Waals surface area (Å²) in [6.07, 6.45) is 1.58. The molecule has 0 aliphatic carbocycles. The molecule has 0 unspecified atom stereocenters. The van der Waals surface area contributed by atoms with Crippen LogP contribution in [0.5, 0.6) is 11.5 Å². The average molecular weight is 252 g/mol. The topological polar surface area (TPSA) is 35.5 Å². The molecule has 0 spiro atoms. The van der Waals surface area contributed by atoms with Gasteiger partial charge in [0.25, 0.3) is 0 Å². The molecule has 0 radical (unpaired) electrons. The van der Waals surface area contributed by atoms with E-state index < -0.39 is 0 Å². The Hall–Kier alpha value is -1.16. The van der Waals surface area contributed by atoms with E-state index in [-0.39, 0.29) is 0 Å². The molecule has 17 heavy (non-hydrogen) atoms. The van der Waals surface area contributed by atoms with Gasteiger partial charge in [-0.2, -0.15) is 0 Å². The van der Waals surface area contributed by atoms with E-state index in [0.29, 0.717) is 31.2 Å². The number of benzene rings is 1. The fourth-order valence-electron chi connectivity index (χ4n) is 1.63. The van der Waals surface area contributed by atoms with E-state index in [0.717, 1.165) is 22.8 Å². The summed E-state index contributed by atoms with van der Waals surface area (Å²) in [5, 5.41) is 0. The molecule has 0 fully saturated rings. The largest absolute Gasteiger partial charge is 0.486 e. The quantitative estimate of drug-likeness (QED) is 0.755. The Kier molecular flexibility index (Phi) is 4.31. The van der Waals surface area contributed by atoms with Crippen molar-refractivity contribution in [3.8, 4) is 11.5 Å². The van der Waals surface area contributed by atoms with Gasteiger partial charge in [-0.1, -0.05) is 6.92 Å². The second-order valence-electron chi connectivity index (χ2n) is 3.88. The fraction of sp³-hybridized carbons (Fsp3) is 0.462. The van der Waals surface area contributed by atoms with Gasteiger partial charge in [-0.15, -0.1) is 11.8 Å². The number of ketones is 1. The van der Waals surface area contributed by atoms with E-state index in [4.69, 9.17) is 9.47 Å². The van der Waals surface area contributed by atoms with Crippen LogP contribution < -0.4 is 9.47 Å². The molecule has 92 valence electrons. The molecule has 1 aliphatic rings. The van der Waals surface area contributed by atoms with Gasteiger partial charge in [-0.25, -0.2) is 0 Å². The zero-order valence-corrected chi connectivity index (χ0v) is 10.7. The number of thioether (sulfide) groups is 1. The molecular formula is C13H16O3S. The number of fused-ring (bicyclic) bond motifs is 1. The molecule has 0 saturated carbocycles. The number of ether oxygens (including phenoxy) is 2. The van der Waals surface area contributed by atoms with Crippen molar-refractivity contribution in [1.82, 2.24) is 0 Å². The minimum absolute atomic E-state index is 0.299. The predicted octanol–water partition coefficient (Wildman–Crippen LogP) is 2.92. The van der Waals surface area contributed by atoms with Crippen LogP contribution in [0.4, 0.5) is 0 Å². The van der Waals surface area contributed by atoms with E-state index in [1.807, 2.05) is 25.1 Å². The summed E-state index contributed by atoms with van der Waals surface area (Å²) in [5.74, 6) is 2.41. The van der Waals surface area contributed by atoms with Gasteiger partial charge in [0.1, 0.15) is 19.0 Å². The van der Waals surface area contributed by atoms with Crippen LogP contribution in [0.3, 0.4) is 0 Å². The Bertz CT molecular complexity index is 404. The van der Waals surface area contributed by atoms with Crippen molar-refractivity contribution in [2.45, 2.75) is 24.7 Å². The van der Waals surface area contributed by atoms with E-state index in [2.05, 4.69) is 0 Å². The van der Waals surface area contributed by atoms with E-state index in [9.17, 15) is 4.79 Å². The molecule has 1 aromatic rings. The van der Waals surface area contributed by atoms with Crippen LogP contribution in [0.1, 0.15) is 19.8 Å².